The van der Waals surface area contributed by atoms with Crippen LogP contribution in [0.25, 0.3) is 0 Å². The van der Waals surface area contributed by atoms with Crippen molar-refractivity contribution < 1.29 is 0 Å². The van der Waals surface area contributed by atoms with Gasteiger partial charge in [-0.05, 0) is 36.0 Å². The molecule has 2 atom stereocenters. The molecule has 3 heteroatoms. The molecule has 82 valence electrons. The molecule has 15 heavy (non-hydrogen) atoms. The van der Waals surface area contributed by atoms with E-state index >= 15 is 0 Å². The first-order chi connectivity index (χ1) is 7.36. The number of halogens is 1. The van der Waals surface area contributed by atoms with Gasteiger partial charge < -0.3 is 0 Å². The highest BCUT2D eigenvalue weighted by molar-refractivity contribution is 7.99. The molecule has 1 aliphatic heterocycles. The van der Waals surface area contributed by atoms with Gasteiger partial charge in [-0.15, -0.1) is 23.4 Å². The van der Waals surface area contributed by atoms with Crippen LogP contribution in [0, 0.1) is 5.92 Å². The molecule has 0 nitrogen and oxygen atoms in total. The number of hydrogen-bond donors (Lipinski definition) is 0. The Bertz CT molecular complexity index is 289. The Labute approximate surface area is 105 Å². The average molecular weight is 259 g/mol. The van der Waals surface area contributed by atoms with E-state index in [9.17, 15) is 0 Å². The standard InChI is InChI=1S/C12H15ClS2/c13-12-9-14-8-10(12)6-7-15-11-4-2-1-3-5-11/h1-5,10,12H,6-9H2. The Balaban J connectivity index is 1.71. The molecule has 1 aromatic rings. The first kappa shape index (κ1) is 11.7. The zero-order valence-electron chi connectivity index (χ0n) is 8.56. The van der Waals surface area contributed by atoms with Crippen molar-refractivity contribution >= 4 is 35.1 Å². The van der Waals surface area contributed by atoms with Gasteiger partial charge in [0, 0.05) is 16.0 Å². The minimum Gasteiger partial charge on any atom is -0.160 e. The summed E-state index contributed by atoms with van der Waals surface area (Å²) in [6, 6.07) is 10.6. The summed E-state index contributed by atoms with van der Waals surface area (Å²) >= 11 is 10.2. The van der Waals surface area contributed by atoms with Crippen LogP contribution in [-0.4, -0.2) is 22.6 Å². The summed E-state index contributed by atoms with van der Waals surface area (Å²) < 4.78 is 0. The second kappa shape index (κ2) is 6.07. The molecule has 0 amide bonds. The maximum absolute atomic E-state index is 6.23. The number of alkyl halides is 1. The molecule has 1 heterocycles. The zero-order valence-corrected chi connectivity index (χ0v) is 11.0. The van der Waals surface area contributed by atoms with Gasteiger partial charge in [0.15, 0.2) is 0 Å². The topological polar surface area (TPSA) is 0 Å². The van der Waals surface area contributed by atoms with Crippen molar-refractivity contribution in [3.63, 3.8) is 0 Å². The SMILES string of the molecule is ClC1CSCC1CCSc1ccccc1. The minimum absolute atomic E-state index is 0.409. The highest BCUT2D eigenvalue weighted by atomic mass is 35.5. The summed E-state index contributed by atoms with van der Waals surface area (Å²) in [6.07, 6.45) is 1.25. The molecule has 1 aromatic carbocycles. The van der Waals surface area contributed by atoms with Crippen LogP contribution in [0.15, 0.2) is 35.2 Å². The van der Waals surface area contributed by atoms with Crippen molar-refractivity contribution in [2.75, 3.05) is 17.3 Å². The molecule has 1 aliphatic rings. The lowest BCUT2D eigenvalue weighted by Crippen LogP contribution is -2.12. The van der Waals surface area contributed by atoms with Crippen LogP contribution in [-0.2, 0) is 0 Å². The fourth-order valence-electron chi connectivity index (χ4n) is 1.68. The van der Waals surface area contributed by atoms with Gasteiger partial charge in [-0.1, -0.05) is 18.2 Å². The van der Waals surface area contributed by atoms with Crippen molar-refractivity contribution in [2.45, 2.75) is 16.7 Å². The van der Waals surface area contributed by atoms with Crippen molar-refractivity contribution in [2.24, 2.45) is 5.92 Å². The Morgan fingerprint density at radius 3 is 2.73 bits per heavy atom. The average Bonchev–Trinajstić information content (AvgIpc) is 2.66. The fourth-order valence-corrected chi connectivity index (χ4v) is 4.61. The van der Waals surface area contributed by atoms with Crippen molar-refractivity contribution in [1.82, 2.24) is 0 Å². The van der Waals surface area contributed by atoms with Gasteiger partial charge in [0.05, 0.1) is 0 Å². The van der Waals surface area contributed by atoms with Gasteiger partial charge in [-0.25, -0.2) is 0 Å². The molecule has 1 saturated heterocycles. The van der Waals surface area contributed by atoms with Gasteiger partial charge in [-0.2, -0.15) is 11.8 Å². The van der Waals surface area contributed by atoms with Crippen LogP contribution < -0.4 is 0 Å². The molecule has 2 unspecified atom stereocenters. The summed E-state index contributed by atoms with van der Waals surface area (Å²) in [6.45, 7) is 0. The van der Waals surface area contributed by atoms with E-state index in [-0.39, 0.29) is 0 Å². The summed E-state index contributed by atoms with van der Waals surface area (Å²) in [4.78, 5) is 1.37. The molecule has 0 saturated carbocycles. The van der Waals surface area contributed by atoms with Crippen molar-refractivity contribution in [3.8, 4) is 0 Å². The van der Waals surface area contributed by atoms with E-state index in [1.165, 1.54) is 22.8 Å². The Morgan fingerprint density at radius 2 is 2.07 bits per heavy atom. The Morgan fingerprint density at radius 1 is 1.27 bits per heavy atom. The number of benzene rings is 1. The quantitative estimate of drug-likeness (QED) is 0.588. The van der Waals surface area contributed by atoms with Crippen LogP contribution in [0.4, 0.5) is 0 Å². The maximum Gasteiger partial charge on any atom is 0.0462 e. The van der Waals surface area contributed by atoms with Crippen molar-refractivity contribution in [3.05, 3.63) is 30.3 Å². The van der Waals surface area contributed by atoms with E-state index < -0.39 is 0 Å². The maximum atomic E-state index is 6.23. The summed E-state index contributed by atoms with van der Waals surface area (Å²) in [5.41, 5.74) is 0. The summed E-state index contributed by atoms with van der Waals surface area (Å²) in [5.74, 6) is 4.32. The minimum atomic E-state index is 0.409. The smallest absolute Gasteiger partial charge is 0.0462 e. The third-order valence-electron chi connectivity index (χ3n) is 2.62. The molecule has 0 aliphatic carbocycles. The number of rotatable bonds is 4. The van der Waals surface area contributed by atoms with Crippen LogP contribution in [0.3, 0.4) is 0 Å². The third kappa shape index (κ3) is 3.61. The third-order valence-corrected chi connectivity index (χ3v) is 5.62. The second-order valence-corrected chi connectivity index (χ2v) is 6.57. The lowest BCUT2D eigenvalue weighted by atomic mass is 10.1. The van der Waals surface area contributed by atoms with E-state index in [2.05, 4.69) is 30.3 Å². The molecule has 2 rings (SSSR count). The molecule has 0 radical (unpaired) electrons. The molecule has 0 bridgehead atoms. The summed E-state index contributed by atoms with van der Waals surface area (Å²) in [5, 5.41) is 0.409. The zero-order chi connectivity index (χ0) is 10.5. The van der Waals surface area contributed by atoms with Crippen LogP contribution in [0.5, 0.6) is 0 Å². The van der Waals surface area contributed by atoms with Crippen molar-refractivity contribution in [1.29, 1.82) is 0 Å². The van der Waals surface area contributed by atoms with E-state index in [0.29, 0.717) is 5.38 Å². The van der Waals surface area contributed by atoms with E-state index in [0.717, 1.165) is 11.7 Å². The lowest BCUT2D eigenvalue weighted by molar-refractivity contribution is 0.590. The molecule has 0 spiro atoms. The Hall–Kier alpha value is 0.210. The van der Waals surface area contributed by atoms with Gasteiger partial charge in [0.2, 0.25) is 0 Å². The van der Waals surface area contributed by atoms with Gasteiger partial charge >= 0.3 is 0 Å². The highest BCUT2D eigenvalue weighted by Gasteiger charge is 2.25. The van der Waals surface area contributed by atoms with Gasteiger partial charge in [0.25, 0.3) is 0 Å². The molecule has 0 N–H and O–H groups in total. The predicted molar refractivity (Wildman–Crippen MR) is 72.2 cm³/mol. The van der Waals surface area contributed by atoms with Crippen LogP contribution >= 0.6 is 35.1 Å². The molecular weight excluding hydrogens is 244 g/mol. The van der Waals surface area contributed by atoms with Crippen LogP contribution in [0.2, 0.25) is 0 Å². The predicted octanol–water partition coefficient (Wildman–Crippen LogP) is 4.14. The normalized spacial score (nSPS) is 25.7. The largest absolute Gasteiger partial charge is 0.160 e. The lowest BCUT2D eigenvalue weighted by Gasteiger charge is -2.11. The molecular formula is C12H15ClS2. The number of thioether (sulfide) groups is 2. The molecule has 0 aromatic heterocycles. The first-order valence-corrected chi connectivity index (χ1v) is 7.83. The van der Waals surface area contributed by atoms with E-state index in [1.54, 1.807) is 0 Å². The second-order valence-electron chi connectivity index (χ2n) is 3.76. The van der Waals surface area contributed by atoms with E-state index in [4.69, 9.17) is 11.6 Å². The van der Waals surface area contributed by atoms with Gasteiger partial charge in [0.1, 0.15) is 0 Å². The van der Waals surface area contributed by atoms with Crippen LogP contribution in [0.1, 0.15) is 6.42 Å². The highest BCUT2D eigenvalue weighted by Crippen LogP contribution is 2.32. The first-order valence-electron chi connectivity index (χ1n) is 5.26. The number of hydrogen-bond acceptors (Lipinski definition) is 2. The van der Waals surface area contributed by atoms with Gasteiger partial charge in [-0.3, -0.25) is 0 Å². The monoisotopic (exact) mass is 258 g/mol. The van der Waals surface area contributed by atoms with E-state index in [1.807, 2.05) is 23.5 Å². The summed E-state index contributed by atoms with van der Waals surface area (Å²) in [7, 11) is 0. The molecule has 1 fully saturated rings. The fraction of sp³-hybridized carbons (Fsp3) is 0.500. The Kier molecular flexibility index (Phi) is 4.73.